The maximum absolute atomic E-state index is 12.1. The Kier molecular flexibility index (Phi) is 4.87. The minimum Gasteiger partial charge on any atom is -0.337 e. The molecule has 1 fully saturated rings. The number of hydrogen-bond donors (Lipinski definition) is 1. The zero-order valence-corrected chi connectivity index (χ0v) is 13.2. The van der Waals surface area contributed by atoms with Crippen molar-refractivity contribution in [1.82, 2.24) is 10.2 Å². The van der Waals surface area contributed by atoms with E-state index in [2.05, 4.69) is 11.4 Å². The van der Waals surface area contributed by atoms with E-state index in [1.807, 2.05) is 36.2 Å². The summed E-state index contributed by atoms with van der Waals surface area (Å²) in [6.07, 6.45) is 2.03. The van der Waals surface area contributed by atoms with Gasteiger partial charge in [-0.2, -0.15) is 5.26 Å². The van der Waals surface area contributed by atoms with E-state index in [9.17, 15) is 10.1 Å². The van der Waals surface area contributed by atoms with E-state index in [0.717, 1.165) is 18.4 Å². The Hall–Kier alpha value is -1.57. The van der Waals surface area contributed by atoms with E-state index in [-0.39, 0.29) is 12.5 Å². The summed E-state index contributed by atoms with van der Waals surface area (Å²) in [4.78, 5) is 14.0. The maximum atomic E-state index is 12.1. The van der Waals surface area contributed by atoms with Crippen LogP contribution in [-0.2, 0) is 11.3 Å². The van der Waals surface area contributed by atoms with Gasteiger partial charge in [0.2, 0.25) is 5.91 Å². The lowest BCUT2D eigenvalue weighted by molar-refractivity contribution is -0.123. The average Bonchev–Trinajstić information content (AvgIpc) is 3.22. The first kappa shape index (κ1) is 15.8. The van der Waals surface area contributed by atoms with Crippen molar-refractivity contribution >= 4 is 17.5 Å². The molecule has 0 unspecified atom stereocenters. The van der Waals surface area contributed by atoms with Gasteiger partial charge in [0.15, 0.2) is 0 Å². The van der Waals surface area contributed by atoms with Crippen LogP contribution in [0.25, 0.3) is 0 Å². The number of carbonyl (C=O) groups is 1. The minimum absolute atomic E-state index is 0.115. The molecule has 1 aromatic rings. The summed E-state index contributed by atoms with van der Waals surface area (Å²) in [5.41, 5.74) is 0.330. The number of likely N-dealkylation sites (N-methyl/N-ethyl adjacent to an activating group) is 1. The van der Waals surface area contributed by atoms with E-state index < -0.39 is 5.54 Å². The van der Waals surface area contributed by atoms with Crippen molar-refractivity contribution in [2.45, 2.75) is 31.8 Å². The first-order chi connectivity index (χ1) is 9.93. The van der Waals surface area contributed by atoms with Crippen molar-refractivity contribution in [1.29, 1.82) is 5.26 Å². The summed E-state index contributed by atoms with van der Waals surface area (Å²) in [5.74, 6) is 0.181. The lowest BCUT2D eigenvalue weighted by atomic mass is 9.98. The first-order valence-corrected chi connectivity index (χ1v) is 7.46. The van der Waals surface area contributed by atoms with Crippen LogP contribution in [0.2, 0.25) is 5.02 Å². The van der Waals surface area contributed by atoms with Crippen LogP contribution in [0.3, 0.4) is 0 Å². The Morgan fingerprint density at radius 3 is 2.86 bits per heavy atom. The van der Waals surface area contributed by atoms with E-state index in [1.165, 1.54) is 0 Å². The molecule has 1 aliphatic carbocycles. The van der Waals surface area contributed by atoms with Gasteiger partial charge in [0.25, 0.3) is 0 Å². The lowest BCUT2D eigenvalue weighted by Crippen LogP contribution is -2.49. The van der Waals surface area contributed by atoms with Gasteiger partial charge in [-0.3, -0.25) is 9.69 Å². The van der Waals surface area contributed by atoms with Crippen molar-refractivity contribution in [3.63, 3.8) is 0 Å². The summed E-state index contributed by atoms with van der Waals surface area (Å²) in [5, 5.41) is 12.8. The molecule has 1 atom stereocenters. The van der Waals surface area contributed by atoms with Gasteiger partial charge in [0, 0.05) is 11.6 Å². The highest BCUT2D eigenvalue weighted by molar-refractivity contribution is 6.30. The zero-order valence-electron chi connectivity index (χ0n) is 12.4. The van der Waals surface area contributed by atoms with Crippen LogP contribution in [0, 0.1) is 17.2 Å². The molecule has 0 aromatic heterocycles. The van der Waals surface area contributed by atoms with Gasteiger partial charge in [0.05, 0.1) is 12.6 Å². The van der Waals surface area contributed by atoms with Crippen molar-refractivity contribution in [2.75, 3.05) is 13.6 Å². The standard InChI is InChI=1S/C16H20ClN3O/c1-16(11-18,13-6-7-13)19-15(21)10-20(2)9-12-4-3-5-14(17)8-12/h3-5,8,13H,6-7,9-10H2,1-2H3,(H,19,21)/t16-/m1/s1. The topological polar surface area (TPSA) is 56.1 Å². The van der Waals surface area contributed by atoms with E-state index in [1.54, 1.807) is 6.92 Å². The van der Waals surface area contributed by atoms with E-state index in [0.29, 0.717) is 17.5 Å². The molecular weight excluding hydrogens is 286 g/mol. The fourth-order valence-corrected chi connectivity index (χ4v) is 2.67. The molecule has 0 radical (unpaired) electrons. The van der Waals surface area contributed by atoms with Gasteiger partial charge in [-0.05, 0) is 50.4 Å². The summed E-state index contributed by atoms with van der Waals surface area (Å²) < 4.78 is 0. The number of rotatable bonds is 6. The fraction of sp³-hybridized carbons (Fsp3) is 0.500. The normalized spacial score (nSPS) is 17.1. The van der Waals surface area contributed by atoms with Gasteiger partial charge in [-0.15, -0.1) is 0 Å². The van der Waals surface area contributed by atoms with Crippen molar-refractivity contribution in [2.24, 2.45) is 5.92 Å². The summed E-state index contributed by atoms with van der Waals surface area (Å²) in [6, 6.07) is 9.82. The number of nitrogens with zero attached hydrogens (tertiary/aromatic N) is 2. The molecule has 0 heterocycles. The molecule has 1 saturated carbocycles. The first-order valence-electron chi connectivity index (χ1n) is 7.08. The molecule has 112 valence electrons. The van der Waals surface area contributed by atoms with Crippen molar-refractivity contribution in [3.05, 3.63) is 34.9 Å². The van der Waals surface area contributed by atoms with Crippen LogP contribution in [0.1, 0.15) is 25.3 Å². The number of halogens is 1. The van der Waals surface area contributed by atoms with E-state index in [4.69, 9.17) is 11.6 Å². The predicted molar refractivity (Wildman–Crippen MR) is 82.7 cm³/mol. The van der Waals surface area contributed by atoms with Crippen molar-refractivity contribution in [3.8, 4) is 6.07 Å². The minimum atomic E-state index is -0.728. The summed E-state index contributed by atoms with van der Waals surface area (Å²) >= 11 is 5.95. The highest BCUT2D eigenvalue weighted by atomic mass is 35.5. The highest BCUT2D eigenvalue weighted by Gasteiger charge is 2.42. The number of carbonyl (C=O) groups excluding carboxylic acids is 1. The summed E-state index contributed by atoms with van der Waals surface area (Å²) in [7, 11) is 1.88. The molecule has 0 bridgehead atoms. The maximum Gasteiger partial charge on any atom is 0.235 e. The van der Waals surface area contributed by atoms with Crippen LogP contribution in [0.4, 0.5) is 0 Å². The van der Waals surface area contributed by atoms with E-state index >= 15 is 0 Å². The highest BCUT2D eigenvalue weighted by Crippen LogP contribution is 2.39. The third-order valence-electron chi connectivity index (χ3n) is 3.78. The second-order valence-electron chi connectivity index (χ2n) is 5.94. The number of hydrogen-bond acceptors (Lipinski definition) is 3. The Morgan fingerprint density at radius 1 is 1.57 bits per heavy atom. The Balaban J connectivity index is 1.86. The second kappa shape index (κ2) is 6.46. The molecular formula is C16H20ClN3O. The molecule has 1 aromatic carbocycles. The molecule has 0 saturated heterocycles. The molecule has 1 amide bonds. The second-order valence-corrected chi connectivity index (χ2v) is 6.38. The molecule has 5 heteroatoms. The fourth-order valence-electron chi connectivity index (χ4n) is 2.46. The van der Waals surface area contributed by atoms with Crippen LogP contribution in [-0.4, -0.2) is 29.9 Å². The van der Waals surface area contributed by atoms with Crippen LogP contribution in [0.5, 0.6) is 0 Å². The monoisotopic (exact) mass is 305 g/mol. The molecule has 21 heavy (non-hydrogen) atoms. The van der Waals surface area contributed by atoms with Gasteiger partial charge in [0.1, 0.15) is 5.54 Å². The quantitative estimate of drug-likeness (QED) is 0.879. The van der Waals surface area contributed by atoms with Gasteiger partial charge in [-0.1, -0.05) is 23.7 Å². The van der Waals surface area contributed by atoms with Gasteiger partial charge < -0.3 is 5.32 Å². The number of nitriles is 1. The lowest BCUT2D eigenvalue weighted by Gasteiger charge is -2.25. The van der Waals surface area contributed by atoms with Gasteiger partial charge in [-0.25, -0.2) is 0 Å². The SMILES string of the molecule is CN(CC(=O)N[C@](C)(C#N)C1CC1)Cc1cccc(Cl)c1. The number of benzene rings is 1. The van der Waals surface area contributed by atoms with Crippen molar-refractivity contribution < 1.29 is 4.79 Å². The zero-order chi connectivity index (χ0) is 15.5. The Labute approximate surface area is 130 Å². The third kappa shape index (κ3) is 4.45. The third-order valence-corrected chi connectivity index (χ3v) is 4.02. The smallest absolute Gasteiger partial charge is 0.235 e. The Bertz CT molecular complexity index is 565. The van der Waals surface area contributed by atoms with Crippen LogP contribution in [0.15, 0.2) is 24.3 Å². The Morgan fingerprint density at radius 2 is 2.29 bits per heavy atom. The summed E-state index contributed by atoms with van der Waals surface area (Å²) in [6.45, 7) is 2.71. The molecule has 1 N–H and O–H groups in total. The average molecular weight is 306 g/mol. The number of nitrogens with one attached hydrogen (secondary N) is 1. The number of amides is 1. The van der Waals surface area contributed by atoms with Crippen LogP contribution < -0.4 is 5.32 Å². The molecule has 2 rings (SSSR count). The molecule has 4 nitrogen and oxygen atoms in total. The molecule has 1 aliphatic rings. The molecule has 0 aliphatic heterocycles. The predicted octanol–water partition coefficient (Wildman–Crippen LogP) is 2.58. The van der Waals surface area contributed by atoms with Gasteiger partial charge >= 0.3 is 0 Å². The van der Waals surface area contributed by atoms with Crippen LogP contribution >= 0.6 is 11.6 Å². The molecule has 0 spiro atoms. The largest absolute Gasteiger partial charge is 0.337 e.